The van der Waals surface area contributed by atoms with E-state index in [0.29, 0.717) is 23.4 Å². The summed E-state index contributed by atoms with van der Waals surface area (Å²) in [4.78, 5) is 13.1. The molecule has 0 saturated heterocycles. The van der Waals surface area contributed by atoms with Crippen LogP contribution in [0.2, 0.25) is 0 Å². The zero-order valence-corrected chi connectivity index (χ0v) is 13.6. The van der Waals surface area contributed by atoms with Crippen molar-refractivity contribution in [3.8, 4) is 0 Å². The first-order valence-electron chi connectivity index (χ1n) is 7.80. The Morgan fingerprint density at radius 2 is 1.70 bits per heavy atom. The molecular formula is C19H20N2O2. The van der Waals surface area contributed by atoms with Crippen molar-refractivity contribution in [3.63, 3.8) is 0 Å². The molecule has 0 aliphatic carbocycles. The first-order valence-corrected chi connectivity index (χ1v) is 7.80. The standard InChI is InChI=1S/C19H20N2O2/c1-4-17-18(15-8-6-5-7-9-15)21(23)19(3,20(17)22)16-12-10-14(2)11-13-16/h5-13H,4H2,1-3H3/t19-/m0/s1. The van der Waals surface area contributed by atoms with Gasteiger partial charge in [0.2, 0.25) is 0 Å². The van der Waals surface area contributed by atoms with E-state index in [1.807, 2.05) is 68.4 Å². The molecule has 23 heavy (non-hydrogen) atoms. The third kappa shape index (κ3) is 2.26. The van der Waals surface area contributed by atoms with Crippen LogP contribution in [-0.2, 0) is 5.66 Å². The summed E-state index contributed by atoms with van der Waals surface area (Å²) in [5, 5.41) is 13.8. The summed E-state index contributed by atoms with van der Waals surface area (Å²) >= 11 is 0. The second-order valence-corrected chi connectivity index (χ2v) is 5.99. The van der Waals surface area contributed by atoms with E-state index < -0.39 is 5.66 Å². The lowest BCUT2D eigenvalue weighted by atomic mass is 10.00. The van der Waals surface area contributed by atoms with Crippen molar-refractivity contribution in [2.45, 2.75) is 32.9 Å². The zero-order valence-electron chi connectivity index (χ0n) is 13.6. The molecule has 118 valence electrons. The summed E-state index contributed by atoms with van der Waals surface area (Å²) in [5.41, 5.74) is 2.28. The van der Waals surface area contributed by atoms with Gasteiger partial charge in [-0.15, -0.1) is 0 Å². The van der Waals surface area contributed by atoms with Crippen molar-refractivity contribution in [2.24, 2.45) is 0 Å². The molecule has 0 saturated carbocycles. The van der Waals surface area contributed by atoms with Crippen LogP contribution in [0.15, 0.2) is 60.3 Å². The van der Waals surface area contributed by atoms with E-state index in [-0.39, 0.29) is 0 Å². The molecule has 0 N–H and O–H groups in total. The van der Waals surface area contributed by atoms with E-state index in [9.17, 15) is 10.1 Å². The lowest BCUT2D eigenvalue weighted by Gasteiger charge is -2.35. The first kappa shape index (κ1) is 15.4. The highest BCUT2D eigenvalue weighted by molar-refractivity contribution is 5.64. The van der Waals surface area contributed by atoms with Crippen LogP contribution >= 0.6 is 0 Å². The van der Waals surface area contributed by atoms with Crippen LogP contribution in [-0.4, -0.2) is 9.82 Å². The Morgan fingerprint density at radius 3 is 2.26 bits per heavy atom. The molecule has 0 aromatic heterocycles. The van der Waals surface area contributed by atoms with Gasteiger partial charge in [0.15, 0.2) is 0 Å². The predicted molar refractivity (Wildman–Crippen MR) is 91.0 cm³/mol. The van der Waals surface area contributed by atoms with Gasteiger partial charge in [0.05, 0.1) is 16.0 Å². The van der Waals surface area contributed by atoms with Crippen LogP contribution in [0.3, 0.4) is 0 Å². The van der Waals surface area contributed by atoms with Gasteiger partial charge in [-0.2, -0.15) is 0 Å². The molecule has 0 spiro atoms. The van der Waals surface area contributed by atoms with Crippen LogP contribution < -0.4 is 0 Å². The largest absolute Gasteiger partial charge is 0.753 e. The van der Waals surface area contributed by atoms with Gasteiger partial charge in [-0.05, 0) is 37.6 Å². The number of nitrogens with zero attached hydrogens (tertiary/aromatic N) is 2. The third-order valence-corrected chi connectivity index (χ3v) is 4.49. The van der Waals surface area contributed by atoms with Crippen LogP contribution in [0.1, 0.15) is 37.0 Å². The van der Waals surface area contributed by atoms with Crippen LogP contribution in [0.4, 0.5) is 0 Å². The minimum atomic E-state index is -1.27. The molecule has 4 heteroatoms. The summed E-state index contributed by atoms with van der Waals surface area (Å²) in [5.74, 6) is 0. The van der Waals surface area contributed by atoms with Gasteiger partial charge in [-0.3, -0.25) is 0 Å². The molecule has 0 radical (unpaired) electrons. The third-order valence-electron chi connectivity index (χ3n) is 4.49. The molecule has 2 aromatic rings. The van der Waals surface area contributed by atoms with Crippen LogP contribution in [0.5, 0.6) is 0 Å². The van der Waals surface area contributed by atoms with Gasteiger partial charge >= 0.3 is 5.66 Å². The van der Waals surface area contributed by atoms with Crippen molar-refractivity contribution < 1.29 is 4.76 Å². The van der Waals surface area contributed by atoms with Gasteiger partial charge in [-0.1, -0.05) is 42.8 Å². The number of rotatable bonds is 3. The molecule has 1 atom stereocenters. The summed E-state index contributed by atoms with van der Waals surface area (Å²) in [7, 11) is 0. The van der Waals surface area contributed by atoms with Crippen molar-refractivity contribution >= 4 is 5.70 Å². The number of hydrogen-bond acceptors (Lipinski definition) is 3. The van der Waals surface area contributed by atoms with Crippen LogP contribution in [0, 0.1) is 17.0 Å². The summed E-state index contributed by atoms with van der Waals surface area (Å²) < 4.78 is 0.860. The van der Waals surface area contributed by atoms with Crippen molar-refractivity contribution in [2.75, 3.05) is 0 Å². The average Bonchev–Trinajstić information content (AvgIpc) is 2.77. The Morgan fingerprint density at radius 1 is 1.09 bits per heavy atom. The number of hydroxylamine groups is 2. The Bertz CT molecular complexity index is 766. The van der Waals surface area contributed by atoms with Gasteiger partial charge < -0.3 is 10.3 Å². The highest BCUT2D eigenvalue weighted by Crippen LogP contribution is 2.45. The minimum absolute atomic E-state index is 0.464. The van der Waals surface area contributed by atoms with Gasteiger partial charge in [0.1, 0.15) is 0 Å². The van der Waals surface area contributed by atoms with Crippen molar-refractivity contribution in [1.82, 2.24) is 5.06 Å². The first-order chi connectivity index (χ1) is 11.0. The number of nitroso groups, excluding NO2 is 1. The summed E-state index contributed by atoms with van der Waals surface area (Å²) in [6, 6.07) is 16.9. The van der Waals surface area contributed by atoms with Crippen molar-refractivity contribution in [1.29, 1.82) is 0 Å². The highest BCUT2D eigenvalue weighted by atomic mass is 16.5. The van der Waals surface area contributed by atoms with Crippen molar-refractivity contribution in [3.05, 3.63) is 87.1 Å². The fraction of sp³-hybridized carbons (Fsp3) is 0.263. The smallest absolute Gasteiger partial charge is 0.306 e. The van der Waals surface area contributed by atoms with E-state index >= 15 is 0 Å². The molecule has 3 rings (SSSR count). The number of allylic oxidation sites excluding steroid dienone is 1. The van der Waals surface area contributed by atoms with E-state index in [1.165, 1.54) is 0 Å². The predicted octanol–water partition coefficient (Wildman–Crippen LogP) is 4.54. The van der Waals surface area contributed by atoms with Gasteiger partial charge in [-0.25, -0.2) is 0 Å². The molecule has 1 aliphatic heterocycles. The van der Waals surface area contributed by atoms with E-state index in [0.717, 1.165) is 21.0 Å². The Hall–Kier alpha value is -2.46. The van der Waals surface area contributed by atoms with Gasteiger partial charge in [0, 0.05) is 17.4 Å². The molecule has 4 nitrogen and oxygen atoms in total. The second kappa shape index (κ2) is 5.63. The van der Waals surface area contributed by atoms with E-state index in [2.05, 4.69) is 0 Å². The SMILES string of the molecule is CCC1=C(c2ccccc2)[N+](=O)[C@@](C)(c2ccc(C)cc2)N1[O-]. The molecule has 0 fully saturated rings. The fourth-order valence-electron chi connectivity index (χ4n) is 3.07. The molecule has 1 heterocycles. The summed E-state index contributed by atoms with van der Waals surface area (Å²) in [6.45, 7) is 5.57. The Kier molecular flexibility index (Phi) is 3.78. The molecule has 0 bridgehead atoms. The maximum atomic E-state index is 13.1. The maximum Gasteiger partial charge on any atom is 0.306 e. The average molecular weight is 308 g/mol. The molecule has 2 aromatic carbocycles. The Balaban J connectivity index is 2.14. The Labute approximate surface area is 136 Å². The monoisotopic (exact) mass is 308 g/mol. The van der Waals surface area contributed by atoms with Crippen LogP contribution in [0.25, 0.3) is 5.70 Å². The second-order valence-electron chi connectivity index (χ2n) is 5.99. The van der Waals surface area contributed by atoms with E-state index in [1.54, 1.807) is 6.92 Å². The van der Waals surface area contributed by atoms with E-state index in [4.69, 9.17) is 0 Å². The normalized spacial score (nSPS) is 21.2. The summed E-state index contributed by atoms with van der Waals surface area (Å²) in [6.07, 6.45) is 0.508. The topological polar surface area (TPSA) is 46.4 Å². The fourth-order valence-corrected chi connectivity index (χ4v) is 3.07. The highest BCUT2D eigenvalue weighted by Gasteiger charge is 2.54. The number of hydrogen-bond donors (Lipinski definition) is 0. The number of aryl methyl sites for hydroxylation is 1. The molecule has 0 unspecified atom stereocenters. The quantitative estimate of drug-likeness (QED) is 0.782. The van der Waals surface area contributed by atoms with Gasteiger partial charge in [0.25, 0.3) is 5.70 Å². The molecule has 0 amide bonds. The maximum absolute atomic E-state index is 13.1. The molecular weight excluding hydrogens is 288 g/mol. The number of benzene rings is 2. The molecule has 1 aliphatic rings. The zero-order chi connectivity index (χ0) is 16.6. The lowest BCUT2D eigenvalue weighted by Crippen LogP contribution is -2.41. The minimum Gasteiger partial charge on any atom is -0.753 e. The lowest BCUT2D eigenvalue weighted by molar-refractivity contribution is -0.565.